The zero-order chi connectivity index (χ0) is 20.3. The van der Waals surface area contributed by atoms with Gasteiger partial charge in [-0.25, -0.2) is 9.78 Å². The number of hydrogen-bond acceptors (Lipinski definition) is 7. The zero-order valence-electron chi connectivity index (χ0n) is 16.2. The maximum absolute atomic E-state index is 12.0. The van der Waals surface area contributed by atoms with Crippen molar-refractivity contribution in [3.63, 3.8) is 0 Å². The minimum Gasteiger partial charge on any atom is -0.485 e. The van der Waals surface area contributed by atoms with Gasteiger partial charge in [0.25, 0.3) is 0 Å². The molecule has 8 nitrogen and oxygen atoms in total. The van der Waals surface area contributed by atoms with E-state index in [1.54, 1.807) is 23.4 Å². The number of pyridine rings is 1. The number of halogens is 1. The molecule has 2 saturated heterocycles. The van der Waals surface area contributed by atoms with Crippen molar-refractivity contribution in [2.45, 2.75) is 38.5 Å². The summed E-state index contributed by atoms with van der Waals surface area (Å²) in [6, 6.07) is 1.65. The van der Waals surface area contributed by atoms with Crippen LogP contribution in [0.3, 0.4) is 0 Å². The number of aliphatic imine (C=N–C) groups is 1. The Kier molecular flexibility index (Phi) is 6.10. The summed E-state index contributed by atoms with van der Waals surface area (Å²) in [5.74, 6) is 0.584. The molecular weight excluding hydrogens is 384 g/mol. The van der Waals surface area contributed by atoms with Crippen molar-refractivity contribution in [3.8, 4) is 5.75 Å². The quantitative estimate of drug-likeness (QED) is 0.593. The van der Waals surface area contributed by atoms with Gasteiger partial charge in [0, 0.05) is 48.9 Å². The molecule has 0 aromatic carbocycles. The molecule has 0 bridgehead atoms. The van der Waals surface area contributed by atoms with Crippen LogP contribution in [0.5, 0.6) is 5.75 Å². The summed E-state index contributed by atoms with van der Waals surface area (Å²) in [6.45, 7) is 7.61. The summed E-state index contributed by atoms with van der Waals surface area (Å²) < 4.78 is 16.4. The number of carbonyl (C=O) groups is 1. The first-order chi connectivity index (χ1) is 13.2. The number of nitrogens with two attached hydrogens (primary N) is 1. The Morgan fingerprint density at radius 3 is 2.71 bits per heavy atom. The van der Waals surface area contributed by atoms with Crippen LogP contribution in [-0.2, 0) is 9.47 Å². The molecule has 0 aliphatic carbocycles. The molecule has 3 heterocycles. The molecule has 3 rings (SSSR count). The smallest absolute Gasteiger partial charge is 0.410 e. The van der Waals surface area contributed by atoms with E-state index in [0.717, 1.165) is 0 Å². The molecule has 0 spiro atoms. The molecule has 2 fully saturated rings. The molecule has 0 atom stereocenters. The third kappa shape index (κ3) is 5.14. The standard InChI is InChI=1S/C19H25ClN4O4/c1-19(2,3)28-18(25)24-8-13(9-24)22-6-12(5-21)15-7-23-17(20)4-16(15)27-14-10-26-11-14/h4-7,13-14H,8-11,21H2,1-3H3/b12-5+,22-6?. The van der Waals surface area contributed by atoms with Gasteiger partial charge in [-0.15, -0.1) is 0 Å². The van der Waals surface area contributed by atoms with Crippen LogP contribution in [0.4, 0.5) is 4.79 Å². The number of likely N-dealkylation sites (tertiary alicyclic amines) is 1. The number of ether oxygens (including phenoxy) is 3. The Morgan fingerprint density at radius 1 is 1.43 bits per heavy atom. The third-order valence-corrected chi connectivity index (χ3v) is 4.37. The Bertz CT molecular complexity index is 781. The lowest BCUT2D eigenvalue weighted by molar-refractivity contribution is -0.0797. The Labute approximate surface area is 169 Å². The van der Waals surface area contributed by atoms with Crippen molar-refractivity contribution in [2.24, 2.45) is 10.7 Å². The first-order valence-electron chi connectivity index (χ1n) is 9.08. The average molecular weight is 409 g/mol. The molecule has 28 heavy (non-hydrogen) atoms. The van der Waals surface area contributed by atoms with Crippen molar-refractivity contribution in [2.75, 3.05) is 26.3 Å². The van der Waals surface area contributed by atoms with Crippen LogP contribution in [0.2, 0.25) is 5.15 Å². The number of hydrogen-bond donors (Lipinski definition) is 1. The molecule has 1 aromatic heterocycles. The number of allylic oxidation sites excluding steroid dienone is 1. The van der Waals surface area contributed by atoms with Crippen LogP contribution in [0.1, 0.15) is 26.3 Å². The predicted molar refractivity (Wildman–Crippen MR) is 107 cm³/mol. The molecule has 1 aromatic rings. The average Bonchev–Trinajstić information content (AvgIpc) is 2.52. The lowest BCUT2D eigenvalue weighted by atomic mass is 10.1. The molecule has 2 aliphatic heterocycles. The Balaban J connectivity index is 1.62. The highest BCUT2D eigenvalue weighted by atomic mass is 35.5. The van der Waals surface area contributed by atoms with E-state index in [-0.39, 0.29) is 18.2 Å². The summed E-state index contributed by atoms with van der Waals surface area (Å²) in [6.07, 6.45) is 4.39. The molecule has 152 valence electrons. The lowest BCUT2D eigenvalue weighted by Crippen LogP contribution is -2.54. The van der Waals surface area contributed by atoms with E-state index in [9.17, 15) is 4.79 Å². The number of amides is 1. The van der Waals surface area contributed by atoms with Gasteiger partial charge in [-0.1, -0.05) is 11.6 Å². The fraction of sp³-hybridized carbons (Fsp3) is 0.526. The first kappa shape index (κ1) is 20.4. The van der Waals surface area contributed by atoms with Gasteiger partial charge >= 0.3 is 6.09 Å². The van der Waals surface area contributed by atoms with Gasteiger partial charge in [-0.3, -0.25) is 4.99 Å². The SMILES string of the molecule is CC(C)(C)OC(=O)N1CC(N=C/C(=C\N)c2cnc(Cl)cc2OC2COC2)C1. The van der Waals surface area contributed by atoms with Gasteiger partial charge in [0.1, 0.15) is 22.6 Å². The third-order valence-electron chi connectivity index (χ3n) is 4.16. The predicted octanol–water partition coefficient (Wildman–Crippen LogP) is 2.50. The van der Waals surface area contributed by atoms with E-state index >= 15 is 0 Å². The topological polar surface area (TPSA) is 99.3 Å². The second kappa shape index (κ2) is 8.36. The monoisotopic (exact) mass is 408 g/mol. The molecule has 1 amide bonds. The van der Waals surface area contributed by atoms with Crippen molar-refractivity contribution in [1.29, 1.82) is 0 Å². The molecule has 2 N–H and O–H groups in total. The maximum Gasteiger partial charge on any atom is 0.410 e. The molecule has 9 heteroatoms. The highest BCUT2D eigenvalue weighted by Crippen LogP contribution is 2.29. The molecule has 0 saturated carbocycles. The zero-order valence-corrected chi connectivity index (χ0v) is 17.0. The van der Waals surface area contributed by atoms with Crippen molar-refractivity contribution in [3.05, 3.63) is 29.2 Å². The van der Waals surface area contributed by atoms with Gasteiger partial charge in [-0.05, 0) is 20.8 Å². The number of carbonyl (C=O) groups excluding carboxylic acids is 1. The van der Waals surface area contributed by atoms with Crippen LogP contribution in [0.15, 0.2) is 23.5 Å². The summed E-state index contributed by atoms with van der Waals surface area (Å²) >= 11 is 6.00. The highest BCUT2D eigenvalue weighted by Gasteiger charge is 2.33. The van der Waals surface area contributed by atoms with Crippen molar-refractivity contribution >= 4 is 29.5 Å². The van der Waals surface area contributed by atoms with Crippen LogP contribution in [0, 0.1) is 0 Å². The molecular formula is C19H25ClN4O4. The van der Waals surface area contributed by atoms with Crippen LogP contribution >= 0.6 is 11.6 Å². The van der Waals surface area contributed by atoms with Gasteiger partial charge in [0.15, 0.2) is 0 Å². The van der Waals surface area contributed by atoms with E-state index in [0.29, 0.717) is 48.3 Å². The van der Waals surface area contributed by atoms with Gasteiger partial charge in [-0.2, -0.15) is 0 Å². The van der Waals surface area contributed by atoms with Gasteiger partial charge in [0.05, 0.1) is 19.3 Å². The largest absolute Gasteiger partial charge is 0.485 e. The maximum atomic E-state index is 12.0. The first-order valence-corrected chi connectivity index (χ1v) is 9.46. The number of aromatic nitrogens is 1. The van der Waals surface area contributed by atoms with Crippen molar-refractivity contribution < 1.29 is 19.0 Å². The van der Waals surface area contributed by atoms with E-state index in [1.165, 1.54) is 6.20 Å². The lowest BCUT2D eigenvalue weighted by Gasteiger charge is -2.37. The molecule has 0 unspecified atom stereocenters. The number of rotatable bonds is 5. The second-order valence-corrected chi connectivity index (χ2v) is 8.11. The van der Waals surface area contributed by atoms with Crippen molar-refractivity contribution in [1.82, 2.24) is 9.88 Å². The van der Waals surface area contributed by atoms with Gasteiger partial charge in [0.2, 0.25) is 0 Å². The van der Waals surface area contributed by atoms with E-state index < -0.39 is 5.60 Å². The normalized spacial score (nSPS) is 18.7. The fourth-order valence-electron chi connectivity index (χ4n) is 2.60. The van der Waals surface area contributed by atoms with Gasteiger partial charge < -0.3 is 24.8 Å². The number of nitrogens with zero attached hydrogens (tertiary/aromatic N) is 3. The van der Waals surface area contributed by atoms with Crippen LogP contribution in [-0.4, -0.2) is 66.2 Å². The Hall–Kier alpha value is -2.32. The fourth-order valence-corrected chi connectivity index (χ4v) is 2.75. The van der Waals surface area contributed by atoms with E-state index in [2.05, 4.69) is 9.98 Å². The van der Waals surface area contributed by atoms with E-state index in [1.807, 2.05) is 20.8 Å². The Morgan fingerprint density at radius 2 is 2.14 bits per heavy atom. The minimum absolute atomic E-state index is 0.00729. The molecule has 2 aliphatic rings. The minimum atomic E-state index is -0.510. The van der Waals surface area contributed by atoms with Crippen LogP contribution < -0.4 is 10.5 Å². The summed E-state index contributed by atoms with van der Waals surface area (Å²) in [7, 11) is 0. The highest BCUT2D eigenvalue weighted by molar-refractivity contribution is 6.29. The van der Waals surface area contributed by atoms with Crippen LogP contribution in [0.25, 0.3) is 5.57 Å². The summed E-state index contributed by atoms with van der Waals surface area (Å²) in [5.41, 5.74) is 6.65. The summed E-state index contributed by atoms with van der Waals surface area (Å²) in [4.78, 5) is 22.2. The second-order valence-electron chi connectivity index (χ2n) is 7.72. The molecule has 0 radical (unpaired) electrons. The van der Waals surface area contributed by atoms with E-state index in [4.69, 9.17) is 31.5 Å². The summed E-state index contributed by atoms with van der Waals surface area (Å²) in [5, 5.41) is 0.333.